The number of nitriles is 1. The van der Waals surface area contributed by atoms with Gasteiger partial charge in [-0.3, -0.25) is 4.84 Å². The molecule has 2 fully saturated rings. The normalized spacial score (nSPS) is 31.2. The van der Waals surface area contributed by atoms with E-state index in [9.17, 15) is 10.1 Å². The fourth-order valence-corrected chi connectivity index (χ4v) is 18.3. The molecule has 0 amide bonds. The van der Waals surface area contributed by atoms with Gasteiger partial charge in [-0.2, -0.15) is 10.7 Å². The Hall–Kier alpha value is -1.73. The van der Waals surface area contributed by atoms with Gasteiger partial charge in [-0.1, -0.05) is 85.7 Å². The third-order valence-electron chi connectivity index (χ3n) is 9.21. The molecule has 4 rings (SSSR count). The number of aldehydes is 1. The summed E-state index contributed by atoms with van der Waals surface area (Å²) in [6, 6.07) is 12.1. The molecule has 0 radical (unpaired) electrons. The molecule has 2 saturated heterocycles. The first-order chi connectivity index (χ1) is 20.1. The quantitative estimate of drug-likeness (QED) is 0.180. The van der Waals surface area contributed by atoms with E-state index in [2.05, 4.69) is 66.9 Å². The topological polar surface area (TPSA) is 108 Å². The number of carbonyl (C=O) groups is 1. The van der Waals surface area contributed by atoms with E-state index in [-0.39, 0.29) is 47.4 Å². The van der Waals surface area contributed by atoms with Crippen molar-refractivity contribution in [2.75, 3.05) is 6.61 Å². The van der Waals surface area contributed by atoms with Gasteiger partial charge in [-0.25, -0.2) is 0 Å². The minimum absolute atomic E-state index is 0.0444. The minimum Gasteiger partial charge on any atom is -0.414 e. The summed E-state index contributed by atoms with van der Waals surface area (Å²) in [5, 5.41) is 10.7. The van der Waals surface area contributed by atoms with Crippen molar-refractivity contribution < 1.29 is 32.1 Å². The van der Waals surface area contributed by atoms with Crippen LogP contribution in [-0.2, 0) is 38.7 Å². The molecular weight excluding hydrogens is 581 g/mol. The van der Waals surface area contributed by atoms with Crippen LogP contribution < -0.4 is 5.48 Å². The summed E-state index contributed by atoms with van der Waals surface area (Å²) >= 11 is 0. The number of carbonyl (C=O) groups excluding carboxylic acids is 1. The number of hydroxylamine groups is 1. The number of hydrogen-bond donors (Lipinski definition) is 1. The van der Waals surface area contributed by atoms with Crippen LogP contribution in [0.3, 0.4) is 0 Å². The maximum absolute atomic E-state index is 12.5. The van der Waals surface area contributed by atoms with E-state index in [1.54, 1.807) is 6.08 Å². The molecule has 1 aliphatic carbocycles. The van der Waals surface area contributed by atoms with Gasteiger partial charge in [0, 0.05) is 6.42 Å². The van der Waals surface area contributed by atoms with Crippen LogP contribution >= 0.6 is 0 Å². The molecule has 4 atom stereocenters. The Labute approximate surface area is 259 Å². The molecule has 0 aromatic heterocycles. The van der Waals surface area contributed by atoms with E-state index in [1.165, 1.54) is 0 Å². The average molecular weight is 631 g/mol. The molecule has 9 nitrogen and oxygen atoms in total. The first-order valence-corrected chi connectivity index (χ1v) is 19.5. The van der Waals surface area contributed by atoms with Crippen LogP contribution in [0.25, 0.3) is 0 Å². The highest BCUT2D eigenvalue weighted by Crippen LogP contribution is 2.55. The number of fused-ring (bicyclic) bond motifs is 2. The molecule has 1 N–H and O–H groups in total. The number of ether oxygens (including phenoxy) is 2. The summed E-state index contributed by atoms with van der Waals surface area (Å²) in [5.41, 5.74) is 2.18. The van der Waals surface area contributed by atoms with E-state index in [0.29, 0.717) is 0 Å². The van der Waals surface area contributed by atoms with Crippen molar-refractivity contribution in [2.24, 2.45) is 0 Å². The highest BCUT2D eigenvalue weighted by Gasteiger charge is 2.70. The number of nitrogens with one attached hydrogen (secondary N) is 1. The lowest BCUT2D eigenvalue weighted by atomic mass is 9.70. The molecule has 2 heterocycles. The number of rotatable bonds is 10. The van der Waals surface area contributed by atoms with Crippen molar-refractivity contribution in [3.63, 3.8) is 0 Å². The molecule has 0 bridgehead atoms. The van der Waals surface area contributed by atoms with Crippen LogP contribution in [0.1, 0.15) is 81.2 Å². The number of nitrogens with zero attached hydrogens (tertiary/aromatic N) is 1. The number of benzene rings is 1. The third-order valence-corrected chi connectivity index (χ3v) is 19.4. The van der Waals surface area contributed by atoms with Gasteiger partial charge in [0.15, 0.2) is 5.79 Å². The molecule has 11 heteroatoms. The zero-order valence-corrected chi connectivity index (χ0v) is 29.4. The molecule has 43 heavy (non-hydrogen) atoms. The second kappa shape index (κ2) is 12.6. The Kier molecular flexibility index (Phi) is 9.99. The van der Waals surface area contributed by atoms with Crippen molar-refractivity contribution in [2.45, 2.75) is 134 Å². The Morgan fingerprint density at radius 2 is 1.53 bits per heavy atom. The van der Waals surface area contributed by atoms with Crippen molar-refractivity contribution in [1.82, 2.24) is 5.48 Å². The fraction of sp³-hybridized carbons (Fsp3) is 0.688. The fourth-order valence-electron chi connectivity index (χ4n) is 6.97. The van der Waals surface area contributed by atoms with E-state index >= 15 is 0 Å². The minimum atomic E-state index is -3.13. The van der Waals surface area contributed by atoms with Crippen LogP contribution in [0.2, 0.25) is 22.2 Å². The molecule has 0 saturated carbocycles. The SMILES string of the molecule is CC(C)[Si]1(C(C)C)OC2C(O[Si](C(C)C)(C(C)C)O1)C(CC=O)(NOCc1ccccc1)C(C#N)=CC21COC(C)(C)O1. The van der Waals surface area contributed by atoms with Crippen LogP contribution in [0.4, 0.5) is 0 Å². The van der Waals surface area contributed by atoms with Gasteiger partial charge in [-0.15, -0.1) is 0 Å². The van der Waals surface area contributed by atoms with Gasteiger partial charge in [0.2, 0.25) is 0 Å². The standard InChI is InChI=1S/C32H50N2O7Si2/c1-22(2)42(23(3)4)38-28-29(39-43(41-42,24(5)6)25(7)8)32(16-17-35,34-37-20-26-14-12-11-13-15-26)27(19-33)18-31(28)21-36-30(9,10)40-31/h11-15,17-18,22-25,28-29,34H,16,20-21H2,1-10H3. The average Bonchev–Trinajstić information content (AvgIpc) is 3.13. The van der Waals surface area contributed by atoms with Gasteiger partial charge in [-0.05, 0) is 47.7 Å². The predicted molar refractivity (Wildman–Crippen MR) is 168 cm³/mol. The van der Waals surface area contributed by atoms with Crippen molar-refractivity contribution >= 4 is 23.4 Å². The number of hydrogen-bond acceptors (Lipinski definition) is 9. The van der Waals surface area contributed by atoms with Crippen molar-refractivity contribution in [3.05, 3.63) is 47.5 Å². The molecule has 1 aromatic rings. The molecule has 1 spiro atoms. The summed E-state index contributed by atoms with van der Waals surface area (Å²) < 4.78 is 35.2. The highest BCUT2D eigenvalue weighted by atomic mass is 28.5. The lowest BCUT2D eigenvalue weighted by Crippen LogP contribution is -2.71. The molecule has 238 valence electrons. The van der Waals surface area contributed by atoms with E-state index in [1.807, 2.05) is 44.2 Å². The second-order valence-electron chi connectivity index (χ2n) is 13.9. The van der Waals surface area contributed by atoms with Crippen LogP contribution in [0, 0.1) is 11.3 Å². The predicted octanol–water partition coefficient (Wildman–Crippen LogP) is 6.35. The van der Waals surface area contributed by atoms with Crippen LogP contribution in [-0.4, -0.2) is 59.1 Å². The lowest BCUT2D eigenvalue weighted by molar-refractivity contribution is -0.194. The molecule has 4 unspecified atom stereocenters. The maximum atomic E-state index is 12.5. The van der Waals surface area contributed by atoms with Gasteiger partial charge < -0.3 is 27.2 Å². The first kappa shape index (κ1) is 34.2. The molecular formula is C32H50N2O7Si2. The molecule has 1 aromatic carbocycles. The lowest BCUT2D eigenvalue weighted by Gasteiger charge is -2.52. The summed E-state index contributed by atoms with van der Waals surface area (Å²) in [5.74, 6) is -0.926. The smallest absolute Gasteiger partial charge is 0.335 e. The highest BCUT2D eigenvalue weighted by molar-refractivity contribution is 6.84. The van der Waals surface area contributed by atoms with Crippen LogP contribution in [0.5, 0.6) is 0 Å². The Bertz CT molecular complexity index is 1200. The molecule has 3 aliphatic rings. The van der Waals surface area contributed by atoms with Crippen LogP contribution in [0.15, 0.2) is 42.0 Å². The van der Waals surface area contributed by atoms with E-state index in [0.717, 1.165) is 11.8 Å². The Balaban J connectivity index is 1.99. The maximum Gasteiger partial charge on any atom is 0.335 e. The van der Waals surface area contributed by atoms with Crippen molar-refractivity contribution in [3.8, 4) is 6.07 Å². The monoisotopic (exact) mass is 630 g/mol. The Morgan fingerprint density at radius 3 is 2.00 bits per heavy atom. The van der Waals surface area contributed by atoms with Gasteiger partial charge in [0.25, 0.3) is 0 Å². The summed E-state index contributed by atoms with van der Waals surface area (Å²) in [6.45, 7) is 21.3. The van der Waals surface area contributed by atoms with E-state index < -0.39 is 46.3 Å². The summed E-state index contributed by atoms with van der Waals surface area (Å²) in [4.78, 5) is 18.7. The summed E-state index contributed by atoms with van der Waals surface area (Å²) in [7, 11) is -6.20. The largest absolute Gasteiger partial charge is 0.414 e. The van der Waals surface area contributed by atoms with Gasteiger partial charge in [0.1, 0.15) is 29.6 Å². The summed E-state index contributed by atoms with van der Waals surface area (Å²) in [6.07, 6.45) is 0.919. The van der Waals surface area contributed by atoms with Crippen molar-refractivity contribution in [1.29, 1.82) is 5.26 Å². The zero-order valence-electron chi connectivity index (χ0n) is 27.4. The zero-order chi connectivity index (χ0) is 31.8. The third kappa shape index (κ3) is 5.99. The second-order valence-corrected chi connectivity index (χ2v) is 22.7. The van der Waals surface area contributed by atoms with E-state index in [4.69, 9.17) is 27.3 Å². The molecule has 2 aliphatic heterocycles. The Morgan fingerprint density at radius 1 is 0.977 bits per heavy atom. The van der Waals surface area contributed by atoms with Gasteiger partial charge in [0.05, 0.1) is 24.9 Å². The van der Waals surface area contributed by atoms with Gasteiger partial charge >= 0.3 is 17.1 Å². The first-order valence-electron chi connectivity index (χ1n) is 15.5.